The van der Waals surface area contributed by atoms with Gasteiger partial charge in [0.2, 0.25) is 0 Å². The maximum Gasteiger partial charge on any atom is 0.261 e. The number of aromatic nitrogens is 2. The molecule has 1 saturated carbocycles. The molecule has 0 saturated heterocycles. The number of benzene rings is 1. The van der Waals surface area contributed by atoms with E-state index >= 15 is 0 Å². The van der Waals surface area contributed by atoms with E-state index in [2.05, 4.69) is 10.3 Å². The fourth-order valence-electron chi connectivity index (χ4n) is 3.38. The minimum atomic E-state index is -0.205. The molecule has 1 amide bonds. The molecule has 1 aliphatic carbocycles. The van der Waals surface area contributed by atoms with Crippen LogP contribution in [0, 0.1) is 0 Å². The summed E-state index contributed by atoms with van der Waals surface area (Å²) in [7, 11) is 0. The molecule has 1 aromatic carbocycles. The van der Waals surface area contributed by atoms with Crippen LogP contribution in [-0.2, 0) is 0 Å². The van der Waals surface area contributed by atoms with E-state index in [9.17, 15) is 9.59 Å². The van der Waals surface area contributed by atoms with Crippen molar-refractivity contribution in [1.29, 1.82) is 0 Å². The van der Waals surface area contributed by atoms with Crippen molar-refractivity contribution in [3.63, 3.8) is 0 Å². The van der Waals surface area contributed by atoms with E-state index < -0.39 is 0 Å². The highest BCUT2D eigenvalue weighted by Gasteiger charge is 2.18. The third kappa shape index (κ3) is 2.82. The molecule has 2 aromatic heterocycles. The fourth-order valence-corrected chi connectivity index (χ4v) is 4.31. The van der Waals surface area contributed by atoms with Crippen molar-refractivity contribution in [3.8, 4) is 0 Å². The van der Waals surface area contributed by atoms with Crippen molar-refractivity contribution in [2.24, 2.45) is 0 Å². The van der Waals surface area contributed by atoms with E-state index in [4.69, 9.17) is 0 Å². The molecule has 0 aliphatic heterocycles. The Bertz CT molecular complexity index is 952. The highest BCUT2D eigenvalue weighted by atomic mass is 32.1. The third-order valence-corrected chi connectivity index (χ3v) is 5.60. The van der Waals surface area contributed by atoms with Gasteiger partial charge in [-0.2, -0.15) is 0 Å². The molecule has 4 rings (SSSR count). The molecule has 1 N–H and O–H groups in total. The van der Waals surface area contributed by atoms with Gasteiger partial charge >= 0.3 is 0 Å². The molecule has 0 bridgehead atoms. The summed E-state index contributed by atoms with van der Waals surface area (Å²) < 4.78 is 1.57. The molecule has 0 atom stereocenters. The zero-order valence-corrected chi connectivity index (χ0v) is 14.1. The van der Waals surface area contributed by atoms with E-state index in [1.165, 1.54) is 30.2 Å². The monoisotopic (exact) mass is 341 g/mol. The summed E-state index contributed by atoms with van der Waals surface area (Å²) in [5.74, 6) is -0.154. The Kier molecular flexibility index (Phi) is 4.06. The van der Waals surface area contributed by atoms with Crippen LogP contribution in [0.1, 0.15) is 48.2 Å². The van der Waals surface area contributed by atoms with Crippen molar-refractivity contribution in [3.05, 3.63) is 45.6 Å². The van der Waals surface area contributed by atoms with E-state index in [-0.39, 0.29) is 17.5 Å². The van der Waals surface area contributed by atoms with Crippen molar-refractivity contribution < 1.29 is 4.79 Å². The van der Waals surface area contributed by atoms with Gasteiger partial charge in [0, 0.05) is 12.1 Å². The Morgan fingerprint density at radius 2 is 1.92 bits per heavy atom. The van der Waals surface area contributed by atoms with Crippen LogP contribution >= 0.6 is 11.3 Å². The van der Waals surface area contributed by atoms with Gasteiger partial charge in [0.1, 0.15) is 4.88 Å². The first-order valence-electron chi connectivity index (χ1n) is 8.44. The van der Waals surface area contributed by atoms with Gasteiger partial charge in [-0.15, -0.1) is 0 Å². The molecule has 3 aromatic rings. The summed E-state index contributed by atoms with van der Waals surface area (Å²) in [6.45, 7) is 0. The molecule has 5 nitrogen and oxygen atoms in total. The molecule has 2 heterocycles. The average Bonchev–Trinajstić information content (AvgIpc) is 2.76. The van der Waals surface area contributed by atoms with Crippen molar-refractivity contribution in [1.82, 2.24) is 14.7 Å². The van der Waals surface area contributed by atoms with Crippen molar-refractivity contribution in [2.45, 2.75) is 44.6 Å². The van der Waals surface area contributed by atoms with Crippen LogP contribution in [0.5, 0.6) is 0 Å². The van der Waals surface area contributed by atoms with Gasteiger partial charge in [-0.05, 0) is 25.0 Å². The minimum absolute atomic E-state index is 0.154. The number of amides is 1. The molecular weight excluding hydrogens is 322 g/mol. The molecule has 124 valence electrons. The first kappa shape index (κ1) is 15.3. The van der Waals surface area contributed by atoms with Crippen LogP contribution in [0.25, 0.3) is 16.0 Å². The lowest BCUT2D eigenvalue weighted by molar-refractivity contribution is 0.0937. The number of fused-ring (bicyclic) bond motifs is 3. The highest BCUT2D eigenvalue weighted by molar-refractivity contribution is 7.18. The molecule has 0 unspecified atom stereocenters. The normalized spacial score (nSPS) is 16.3. The van der Waals surface area contributed by atoms with E-state index in [0.29, 0.717) is 9.84 Å². The van der Waals surface area contributed by atoms with Gasteiger partial charge in [-0.3, -0.25) is 14.0 Å². The SMILES string of the molecule is O=C(NC1CCCCCC1)c1cc(=O)n2c(nc3ccccc32)s1. The fraction of sp³-hybridized carbons (Fsp3) is 0.389. The lowest BCUT2D eigenvalue weighted by Crippen LogP contribution is -2.34. The second kappa shape index (κ2) is 6.36. The lowest BCUT2D eigenvalue weighted by Gasteiger charge is -2.15. The smallest absolute Gasteiger partial charge is 0.261 e. The quantitative estimate of drug-likeness (QED) is 0.727. The number of hydrogen-bond acceptors (Lipinski definition) is 4. The van der Waals surface area contributed by atoms with Gasteiger partial charge in [0.05, 0.1) is 11.0 Å². The summed E-state index contributed by atoms with van der Waals surface area (Å²) in [5.41, 5.74) is 1.35. The number of imidazole rings is 1. The Balaban J connectivity index is 1.68. The Hall–Kier alpha value is -2.21. The Morgan fingerprint density at radius 1 is 1.17 bits per heavy atom. The Morgan fingerprint density at radius 3 is 2.71 bits per heavy atom. The molecule has 0 radical (unpaired) electrons. The average molecular weight is 341 g/mol. The highest BCUT2D eigenvalue weighted by Crippen LogP contribution is 2.21. The number of nitrogens with zero attached hydrogens (tertiary/aromatic N) is 2. The number of nitrogens with one attached hydrogen (secondary N) is 1. The number of para-hydroxylation sites is 2. The summed E-state index contributed by atoms with van der Waals surface area (Å²) in [4.78, 5) is 30.5. The minimum Gasteiger partial charge on any atom is -0.349 e. The molecule has 1 fully saturated rings. The topological polar surface area (TPSA) is 63.5 Å². The van der Waals surface area contributed by atoms with Crippen LogP contribution in [0.4, 0.5) is 0 Å². The van der Waals surface area contributed by atoms with E-state index in [0.717, 1.165) is 36.7 Å². The van der Waals surface area contributed by atoms with E-state index in [1.807, 2.05) is 24.3 Å². The second-order valence-corrected chi connectivity index (χ2v) is 7.34. The summed E-state index contributed by atoms with van der Waals surface area (Å²) >= 11 is 1.27. The van der Waals surface area contributed by atoms with Crippen molar-refractivity contribution in [2.75, 3.05) is 0 Å². The van der Waals surface area contributed by atoms with Gasteiger partial charge < -0.3 is 5.32 Å². The van der Waals surface area contributed by atoms with Crippen LogP contribution in [-0.4, -0.2) is 21.3 Å². The third-order valence-electron chi connectivity index (χ3n) is 4.62. The lowest BCUT2D eigenvalue weighted by atomic mass is 10.1. The van der Waals surface area contributed by atoms with Crippen LogP contribution in [0.3, 0.4) is 0 Å². The molecular formula is C18H19N3O2S. The Labute approximate surface area is 143 Å². The summed E-state index contributed by atoms with van der Waals surface area (Å²) in [6.07, 6.45) is 6.85. The standard InChI is InChI=1S/C18H19N3O2S/c22-16-11-15(17(23)19-12-7-3-1-2-4-8-12)24-18-20-13-9-5-6-10-14(13)21(16)18/h5-6,9-12H,1-4,7-8H2,(H,19,23). The van der Waals surface area contributed by atoms with Gasteiger partial charge in [-0.25, -0.2) is 4.98 Å². The van der Waals surface area contributed by atoms with Gasteiger partial charge in [0.15, 0.2) is 4.96 Å². The maximum absolute atomic E-state index is 12.6. The molecule has 1 aliphatic rings. The molecule has 6 heteroatoms. The van der Waals surface area contributed by atoms with Crippen LogP contribution < -0.4 is 10.9 Å². The second-order valence-electron chi connectivity index (χ2n) is 6.33. The predicted molar refractivity (Wildman–Crippen MR) is 95.8 cm³/mol. The largest absolute Gasteiger partial charge is 0.349 e. The molecule has 0 spiro atoms. The van der Waals surface area contributed by atoms with Crippen LogP contribution in [0.15, 0.2) is 35.1 Å². The van der Waals surface area contributed by atoms with Gasteiger partial charge in [-0.1, -0.05) is 49.2 Å². The number of carbonyl (C=O) groups excluding carboxylic acids is 1. The van der Waals surface area contributed by atoms with Gasteiger partial charge in [0.25, 0.3) is 11.5 Å². The molecule has 24 heavy (non-hydrogen) atoms. The zero-order chi connectivity index (χ0) is 16.5. The summed E-state index contributed by atoms with van der Waals surface area (Å²) in [5, 5.41) is 3.10. The first-order chi connectivity index (χ1) is 11.7. The van der Waals surface area contributed by atoms with E-state index in [1.54, 1.807) is 4.40 Å². The zero-order valence-electron chi connectivity index (χ0n) is 13.3. The number of carbonyl (C=O) groups is 1. The van der Waals surface area contributed by atoms with Crippen LogP contribution in [0.2, 0.25) is 0 Å². The number of rotatable bonds is 2. The number of hydrogen-bond donors (Lipinski definition) is 1. The maximum atomic E-state index is 12.6. The summed E-state index contributed by atoms with van der Waals surface area (Å²) in [6, 6.07) is 9.17. The first-order valence-corrected chi connectivity index (χ1v) is 9.26. The van der Waals surface area contributed by atoms with Crippen molar-refractivity contribution >= 4 is 33.2 Å². The predicted octanol–water partition coefficient (Wildman–Crippen LogP) is 3.36.